The molecule has 0 fully saturated rings. The van der Waals surface area contributed by atoms with Crippen molar-refractivity contribution >= 4 is 28.9 Å². The van der Waals surface area contributed by atoms with Crippen LogP contribution in [-0.4, -0.2) is 22.0 Å². The molecule has 4 N–H and O–H groups in total. The molecule has 8 heteroatoms. The average molecular weight is 365 g/mol. The van der Waals surface area contributed by atoms with E-state index in [-0.39, 0.29) is 18.1 Å². The maximum Gasteiger partial charge on any atom is 0.276 e. The second-order valence-corrected chi connectivity index (χ2v) is 6.27. The molecule has 0 saturated carbocycles. The number of benzene rings is 2. The monoisotopic (exact) mass is 365 g/mol. The fourth-order valence-corrected chi connectivity index (χ4v) is 3.17. The Balaban J connectivity index is 1.74. The third kappa shape index (κ3) is 2.91. The number of nitrogens with two attached hydrogens (primary N) is 1. The van der Waals surface area contributed by atoms with Crippen LogP contribution in [0, 0.1) is 5.82 Å². The molecule has 1 aromatic heterocycles. The van der Waals surface area contributed by atoms with Gasteiger partial charge in [0.25, 0.3) is 5.91 Å². The summed E-state index contributed by atoms with van der Waals surface area (Å²) in [6, 6.07) is 10.7. The summed E-state index contributed by atoms with van der Waals surface area (Å²) >= 11 is 0. The SMILES string of the molecule is CC(=O)N1Cc2c(C(=O)Nc3ccc(F)cc3)n[nH]c2-c2cc(N)ccc21. The molecule has 0 unspecified atom stereocenters. The topological polar surface area (TPSA) is 104 Å². The summed E-state index contributed by atoms with van der Waals surface area (Å²) in [5.41, 5.74) is 9.72. The van der Waals surface area contributed by atoms with Crippen molar-refractivity contribution in [2.45, 2.75) is 13.5 Å². The van der Waals surface area contributed by atoms with Gasteiger partial charge >= 0.3 is 0 Å². The van der Waals surface area contributed by atoms with Gasteiger partial charge in [-0.1, -0.05) is 0 Å². The number of aromatic nitrogens is 2. The standard InChI is InChI=1S/C19H16FN5O2/c1-10(26)25-9-15-17(14-8-12(21)4-7-16(14)25)23-24-18(15)19(27)22-13-5-2-11(20)3-6-13/h2-8H,9,21H2,1H3,(H,22,27)(H,23,24). The fourth-order valence-electron chi connectivity index (χ4n) is 3.17. The summed E-state index contributed by atoms with van der Waals surface area (Å²) < 4.78 is 13.0. The smallest absolute Gasteiger partial charge is 0.276 e. The number of nitrogen functional groups attached to an aromatic ring is 1. The lowest BCUT2D eigenvalue weighted by atomic mass is 9.97. The molecular formula is C19H16FN5O2. The van der Waals surface area contributed by atoms with Crippen LogP contribution in [0.3, 0.4) is 0 Å². The Kier molecular flexibility index (Phi) is 3.88. The minimum absolute atomic E-state index is 0.155. The summed E-state index contributed by atoms with van der Waals surface area (Å²) in [6.45, 7) is 1.67. The number of aromatic amines is 1. The predicted molar refractivity (Wildman–Crippen MR) is 99.7 cm³/mol. The highest BCUT2D eigenvalue weighted by Gasteiger charge is 2.31. The summed E-state index contributed by atoms with van der Waals surface area (Å²) in [5.74, 6) is -0.996. The van der Waals surface area contributed by atoms with Gasteiger partial charge in [-0.3, -0.25) is 14.7 Å². The van der Waals surface area contributed by atoms with Gasteiger partial charge in [0.2, 0.25) is 5.91 Å². The normalized spacial score (nSPS) is 12.3. The zero-order valence-electron chi connectivity index (χ0n) is 14.4. The number of H-pyrrole nitrogens is 1. The van der Waals surface area contributed by atoms with E-state index in [9.17, 15) is 14.0 Å². The van der Waals surface area contributed by atoms with Gasteiger partial charge < -0.3 is 16.0 Å². The number of carbonyl (C=O) groups is 2. The molecule has 2 amide bonds. The largest absolute Gasteiger partial charge is 0.399 e. The molecule has 0 spiro atoms. The van der Waals surface area contributed by atoms with E-state index >= 15 is 0 Å². The molecule has 27 heavy (non-hydrogen) atoms. The average Bonchev–Trinajstić information content (AvgIpc) is 3.07. The molecule has 2 aromatic carbocycles. The maximum absolute atomic E-state index is 13.0. The maximum atomic E-state index is 13.0. The Morgan fingerprint density at radius 1 is 1.22 bits per heavy atom. The Labute approximate surface area is 154 Å². The van der Waals surface area contributed by atoms with Crippen molar-refractivity contribution in [2.75, 3.05) is 16.0 Å². The highest BCUT2D eigenvalue weighted by Crippen LogP contribution is 2.40. The van der Waals surface area contributed by atoms with E-state index in [1.165, 1.54) is 31.2 Å². The van der Waals surface area contributed by atoms with Crippen molar-refractivity contribution < 1.29 is 14.0 Å². The molecule has 2 heterocycles. The van der Waals surface area contributed by atoms with E-state index in [0.717, 1.165) is 0 Å². The summed E-state index contributed by atoms with van der Waals surface area (Å²) in [5, 5.41) is 9.71. The lowest BCUT2D eigenvalue weighted by Crippen LogP contribution is -2.31. The molecule has 0 saturated heterocycles. The van der Waals surface area contributed by atoms with Crippen molar-refractivity contribution in [3.63, 3.8) is 0 Å². The number of hydrogen-bond donors (Lipinski definition) is 3. The van der Waals surface area contributed by atoms with Gasteiger partial charge in [-0.2, -0.15) is 5.10 Å². The molecule has 7 nitrogen and oxygen atoms in total. The van der Waals surface area contributed by atoms with Crippen LogP contribution in [0.15, 0.2) is 42.5 Å². The van der Waals surface area contributed by atoms with Gasteiger partial charge in [0.05, 0.1) is 17.9 Å². The van der Waals surface area contributed by atoms with Crippen LogP contribution in [-0.2, 0) is 11.3 Å². The van der Waals surface area contributed by atoms with E-state index < -0.39 is 11.7 Å². The lowest BCUT2D eigenvalue weighted by molar-refractivity contribution is -0.116. The number of fused-ring (bicyclic) bond motifs is 3. The Morgan fingerprint density at radius 2 is 1.96 bits per heavy atom. The Hall–Kier alpha value is -3.68. The number of nitrogens with zero attached hydrogens (tertiary/aromatic N) is 2. The Morgan fingerprint density at radius 3 is 2.67 bits per heavy atom. The number of amides is 2. The third-order valence-corrected chi connectivity index (χ3v) is 4.46. The molecule has 4 rings (SSSR count). The fraction of sp³-hybridized carbons (Fsp3) is 0.105. The van der Waals surface area contributed by atoms with Gasteiger partial charge in [0, 0.05) is 29.4 Å². The molecule has 0 bridgehead atoms. The molecule has 3 aromatic rings. The van der Waals surface area contributed by atoms with E-state index in [1.54, 1.807) is 23.1 Å². The lowest BCUT2D eigenvalue weighted by Gasteiger charge is -2.28. The first-order valence-electron chi connectivity index (χ1n) is 8.26. The van der Waals surface area contributed by atoms with Crippen LogP contribution < -0.4 is 16.0 Å². The molecule has 1 aliphatic heterocycles. The Bertz CT molecular complexity index is 1060. The molecule has 136 valence electrons. The van der Waals surface area contributed by atoms with Crippen molar-refractivity contribution in [1.29, 1.82) is 0 Å². The minimum Gasteiger partial charge on any atom is -0.399 e. The molecular weight excluding hydrogens is 349 g/mol. The number of nitrogens with one attached hydrogen (secondary N) is 2. The second-order valence-electron chi connectivity index (χ2n) is 6.27. The van der Waals surface area contributed by atoms with Crippen molar-refractivity contribution in [3.05, 3.63) is 59.5 Å². The van der Waals surface area contributed by atoms with Gasteiger partial charge in [-0.25, -0.2) is 4.39 Å². The number of rotatable bonds is 2. The van der Waals surface area contributed by atoms with Gasteiger partial charge in [0.1, 0.15) is 5.82 Å². The van der Waals surface area contributed by atoms with Gasteiger partial charge in [0.15, 0.2) is 5.69 Å². The minimum atomic E-state index is -0.449. The van der Waals surface area contributed by atoms with Crippen molar-refractivity contribution in [3.8, 4) is 11.3 Å². The quantitative estimate of drug-likeness (QED) is 0.607. The van der Waals surface area contributed by atoms with E-state index in [4.69, 9.17) is 5.73 Å². The van der Waals surface area contributed by atoms with Crippen LogP contribution in [0.4, 0.5) is 21.5 Å². The van der Waals surface area contributed by atoms with Crippen LogP contribution in [0.1, 0.15) is 23.0 Å². The first kappa shape index (κ1) is 16.8. The summed E-state index contributed by atoms with van der Waals surface area (Å²) in [6.07, 6.45) is 0. The zero-order chi connectivity index (χ0) is 19.1. The zero-order valence-corrected chi connectivity index (χ0v) is 14.4. The molecule has 0 atom stereocenters. The number of anilines is 3. The summed E-state index contributed by atoms with van der Waals surface area (Å²) in [4.78, 5) is 26.4. The van der Waals surface area contributed by atoms with Crippen molar-refractivity contribution in [2.24, 2.45) is 0 Å². The number of carbonyl (C=O) groups excluding carboxylic acids is 2. The van der Waals surface area contributed by atoms with Crippen LogP contribution >= 0.6 is 0 Å². The molecule has 0 radical (unpaired) electrons. The van der Waals surface area contributed by atoms with Gasteiger partial charge in [-0.05, 0) is 42.5 Å². The van der Waals surface area contributed by atoms with E-state index in [1.807, 2.05) is 0 Å². The predicted octanol–water partition coefficient (Wildman–Crippen LogP) is 2.92. The highest BCUT2D eigenvalue weighted by molar-refractivity contribution is 6.07. The molecule has 0 aliphatic carbocycles. The second kappa shape index (κ2) is 6.24. The number of hydrogen-bond acceptors (Lipinski definition) is 4. The number of halogens is 1. The first-order chi connectivity index (χ1) is 12.9. The van der Waals surface area contributed by atoms with Crippen LogP contribution in [0.5, 0.6) is 0 Å². The van der Waals surface area contributed by atoms with Crippen LogP contribution in [0.25, 0.3) is 11.3 Å². The highest BCUT2D eigenvalue weighted by atomic mass is 19.1. The van der Waals surface area contributed by atoms with Crippen molar-refractivity contribution in [1.82, 2.24) is 10.2 Å². The van der Waals surface area contributed by atoms with Crippen LogP contribution in [0.2, 0.25) is 0 Å². The van der Waals surface area contributed by atoms with E-state index in [0.29, 0.717) is 33.9 Å². The third-order valence-electron chi connectivity index (χ3n) is 4.46. The molecule has 1 aliphatic rings. The van der Waals surface area contributed by atoms with Gasteiger partial charge in [-0.15, -0.1) is 0 Å². The summed E-state index contributed by atoms with van der Waals surface area (Å²) in [7, 11) is 0. The van der Waals surface area contributed by atoms with E-state index in [2.05, 4.69) is 15.5 Å². The first-order valence-corrected chi connectivity index (χ1v) is 8.26.